The minimum atomic E-state index is -4.00. The van der Waals surface area contributed by atoms with Gasteiger partial charge in [-0.25, -0.2) is 17.5 Å². The second-order valence-electron chi connectivity index (χ2n) is 5.05. The van der Waals surface area contributed by atoms with Crippen LogP contribution in [-0.2, 0) is 16.6 Å². The number of aliphatic hydroxyl groups excluding tert-OH is 1. The highest BCUT2D eigenvalue weighted by atomic mass is 35.5. The van der Waals surface area contributed by atoms with Crippen LogP contribution in [0.2, 0.25) is 5.02 Å². The molecule has 0 radical (unpaired) electrons. The monoisotopic (exact) mass is 337 g/mol. The molecule has 1 unspecified atom stereocenters. The van der Waals surface area contributed by atoms with E-state index in [2.05, 4.69) is 11.6 Å². The number of benzene rings is 1. The summed E-state index contributed by atoms with van der Waals surface area (Å²) >= 11 is 5.78. The van der Waals surface area contributed by atoms with E-state index >= 15 is 0 Å². The van der Waals surface area contributed by atoms with E-state index in [1.165, 1.54) is 6.07 Å². The standard InChI is InChI=1S/C14H21ClFNO3S/c1-3-4-5-6-10(2)17-21(19,20)13-8-12(15)7-11(9-18)14(13)16/h7-8,10,17-18H,3-6,9H2,1-2H3. The Balaban J connectivity index is 2.95. The molecule has 120 valence electrons. The first-order valence-corrected chi connectivity index (χ1v) is 8.79. The molecule has 0 spiro atoms. The number of hydrogen-bond acceptors (Lipinski definition) is 3. The van der Waals surface area contributed by atoms with Gasteiger partial charge < -0.3 is 5.11 Å². The summed E-state index contributed by atoms with van der Waals surface area (Å²) in [4.78, 5) is -0.526. The van der Waals surface area contributed by atoms with E-state index in [4.69, 9.17) is 16.7 Å². The second kappa shape index (κ2) is 8.08. The van der Waals surface area contributed by atoms with Gasteiger partial charge in [0.15, 0.2) is 0 Å². The number of halogens is 2. The molecule has 0 fully saturated rings. The summed E-state index contributed by atoms with van der Waals surface area (Å²) in [5.74, 6) is -0.963. The Kier molecular flexibility index (Phi) is 7.06. The molecule has 7 heteroatoms. The maximum atomic E-state index is 14.1. The first kappa shape index (κ1) is 18.4. The van der Waals surface area contributed by atoms with Crippen molar-refractivity contribution in [3.05, 3.63) is 28.5 Å². The fraction of sp³-hybridized carbons (Fsp3) is 0.571. The zero-order chi connectivity index (χ0) is 16.0. The van der Waals surface area contributed by atoms with Crippen LogP contribution < -0.4 is 4.72 Å². The lowest BCUT2D eigenvalue weighted by molar-refractivity contribution is 0.274. The van der Waals surface area contributed by atoms with Crippen molar-refractivity contribution in [2.75, 3.05) is 0 Å². The zero-order valence-electron chi connectivity index (χ0n) is 12.2. The summed E-state index contributed by atoms with van der Waals surface area (Å²) in [7, 11) is -4.00. The molecule has 1 aromatic rings. The van der Waals surface area contributed by atoms with E-state index in [9.17, 15) is 12.8 Å². The molecule has 1 rings (SSSR count). The molecule has 0 aliphatic heterocycles. The molecule has 1 aromatic carbocycles. The van der Waals surface area contributed by atoms with Gasteiger partial charge in [-0.3, -0.25) is 0 Å². The van der Waals surface area contributed by atoms with Crippen LogP contribution >= 0.6 is 11.6 Å². The van der Waals surface area contributed by atoms with Crippen LogP contribution in [0.25, 0.3) is 0 Å². The number of aliphatic hydroxyl groups is 1. The number of nitrogens with one attached hydrogen (secondary N) is 1. The van der Waals surface area contributed by atoms with Crippen molar-refractivity contribution >= 4 is 21.6 Å². The lowest BCUT2D eigenvalue weighted by Crippen LogP contribution is -2.33. The Morgan fingerprint density at radius 1 is 1.38 bits per heavy atom. The van der Waals surface area contributed by atoms with Gasteiger partial charge in [0.25, 0.3) is 0 Å². The van der Waals surface area contributed by atoms with E-state index in [1.807, 2.05) is 0 Å². The lowest BCUT2D eigenvalue weighted by atomic mass is 10.1. The third-order valence-electron chi connectivity index (χ3n) is 3.14. The minimum Gasteiger partial charge on any atom is -0.392 e. The molecule has 0 aliphatic rings. The molecule has 0 heterocycles. The van der Waals surface area contributed by atoms with Crippen LogP contribution in [0.5, 0.6) is 0 Å². The molecule has 0 amide bonds. The van der Waals surface area contributed by atoms with Gasteiger partial charge in [-0.2, -0.15) is 0 Å². The van der Waals surface area contributed by atoms with E-state index < -0.39 is 27.3 Å². The summed E-state index contributed by atoms with van der Waals surface area (Å²) in [6.07, 6.45) is 3.65. The van der Waals surface area contributed by atoms with Crippen LogP contribution in [0, 0.1) is 5.82 Å². The number of hydrogen-bond donors (Lipinski definition) is 2. The molecule has 4 nitrogen and oxygen atoms in total. The fourth-order valence-corrected chi connectivity index (χ4v) is 3.75. The average Bonchev–Trinajstić information content (AvgIpc) is 2.40. The maximum absolute atomic E-state index is 14.1. The predicted molar refractivity (Wildman–Crippen MR) is 81.3 cm³/mol. The van der Waals surface area contributed by atoms with E-state index in [1.54, 1.807) is 6.92 Å². The topological polar surface area (TPSA) is 66.4 Å². The van der Waals surface area contributed by atoms with Crippen molar-refractivity contribution in [1.82, 2.24) is 4.72 Å². The Morgan fingerprint density at radius 2 is 2.05 bits per heavy atom. The SMILES string of the molecule is CCCCCC(C)NS(=O)(=O)c1cc(Cl)cc(CO)c1F. The highest BCUT2D eigenvalue weighted by molar-refractivity contribution is 7.89. The number of rotatable bonds is 8. The van der Waals surface area contributed by atoms with Crippen molar-refractivity contribution in [3.8, 4) is 0 Å². The zero-order valence-corrected chi connectivity index (χ0v) is 13.8. The number of unbranched alkanes of at least 4 members (excludes halogenated alkanes) is 2. The van der Waals surface area contributed by atoms with E-state index in [-0.39, 0.29) is 16.6 Å². The molecule has 0 aromatic heterocycles. The van der Waals surface area contributed by atoms with Gasteiger partial charge in [0.1, 0.15) is 10.7 Å². The van der Waals surface area contributed by atoms with Crippen LogP contribution in [-0.4, -0.2) is 19.6 Å². The normalized spacial score (nSPS) is 13.4. The molecule has 1 atom stereocenters. The smallest absolute Gasteiger partial charge is 0.243 e. The highest BCUT2D eigenvalue weighted by Gasteiger charge is 2.23. The lowest BCUT2D eigenvalue weighted by Gasteiger charge is -2.15. The Bertz CT molecular complexity index is 578. The Labute approximate surface area is 130 Å². The van der Waals surface area contributed by atoms with Gasteiger partial charge in [-0.15, -0.1) is 0 Å². The first-order chi connectivity index (χ1) is 9.81. The molecule has 0 aliphatic carbocycles. The molecule has 0 bridgehead atoms. The maximum Gasteiger partial charge on any atom is 0.243 e. The average molecular weight is 338 g/mol. The fourth-order valence-electron chi connectivity index (χ4n) is 2.02. The molecule has 21 heavy (non-hydrogen) atoms. The summed E-state index contributed by atoms with van der Waals surface area (Å²) in [6.45, 7) is 3.19. The van der Waals surface area contributed by atoms with Gasteiger partial charge in [0, 0.05) is 16.6 Å². The largest absolute Gasteiger partial charge is 0.392 e. The van der Waals surface area contributed by atoms with Crippen LogP contribution in [0.15, 0.2) is 17.0 Å². The highest BCUT2D eigenvalue weighted by Crippen LogP contribution is 2.24. The van der Waals surface area contributed by atoms with E-state index in [0.717, 1.165) is 25.3 Å². The number of sulfonamides is 1. The third kappa shape index (κ3) is 5.21. The summed E-state index contributed by atoms with van der Waals surface area (Å²) in [5, 5.41) is 9.11. The van der Waals surface area contributed by atoms with Crippen molar-refractivity contribution in [2.45, 2.75) is 57.1 Å². The van der Waals surface area contributed by atoms with E-state index in [0.29, 0.717) is 6.42 Å². The van der Waals surface area contributed by atoms with Crippen molar-refractivity contribution in [2.24, 2.45) is 0 Å². The van der Waals surface area contributed by atoms with Gasteiger partial charge in [-0.1, -0.05) is 37.8 Å². The molecule has 0 saturated carbocycles. The summed E-state index contributed by atoms with van der Waals surface area (Å²) < 4.78 is 41.0. The predicted octanol–water partition coefficient (Wildman–Crippen LogP) is 3.22. The molecule has 2 N–H and O–H groups in total. The molecule has 0 saturated heterocycles. The minimum absolute atomic E-state index is 0.0689. The van der Waals surface area contributed by atoms with Gasteiger partial charge in [0.2, 0.25) is 10.0 Å². The quantitative estimate of drug-likeness (QED) is 0.716. The van der Waals surface area contributed by atoms with Crippen LogP contribution in [0.4, 0.5) is 4.39 Å². The Hall–Kier alpha value is -0.690. The third-order valence-corrected chi connectivity index (χ3v) is 4.94. The van der Waals surface area contributed by atoms with Crippen LogP contribution in [0.3, 0.4) is 0 Å². The van der Waals surface area contributed by atoms with Crippen molar-refractivity contribution in [3.63, 3.8) is 0 Å². The summed E-state index contributed by atoms with van der Waals surface area (Å²) in [6, 6.07) is 1.97. The second-order valence-corrected chi connectivity index (χ2v) is 7.17. The van der Waals surface area contributed by atoms with Gasteiger partial charge in [-0.05, 0) is 25.5 Å². The van der Waals surface area contributed by atoms with Gasteiger partial charge >= 0.3 is 0 Å². The molecular formula is C14H21ClFNO3S. The summed E-state index contributed by atoms with van der Waals surface area (Å²) in [5.41, 5.74) is -0.137. The van der Waals surface area contributed by atoms with Crippen molar-refractivity contribution < 1.29 is 17.9 Å². The Morgan fingerprint density at radius 3 is 2.62 bits per heavy atom. The first-order valence-electron chi connectivity index (χ1n) is 6.93. The molecular weight excluding hydrogens is 317 g/mol. The van der Waals surface area contributed by atoms with Gasteiger partial charge in [0.05, 0.1) is 6.61 Å². The van der Waals surface area contributed by atoms with Crippen molar-refractivity contribution in [1.29, 1.82) is 0 Å². The van der Waals surface area contributed by atoms with Crippen LogP contribution in [0.1, 0.15) is 45.1 Å².